The molecule has 0 amide bonds. The van der Waals surface area contributed by atoms with E-state index in [1.807, 2.05) is 0 Å². The molecule has 2 N–H and O–H groups in total. The number of rotatable bonds is 8. The van der Waals surface area contributed by atoms with Crippen LogP contribution in [0, 0.1) is 11.3 Å². The number of hydrogen-bond acceptors (Lipinski definition) is 2. The molecule has 0 radical (unpaired) electrons. The second-order valence-corrected chi connectivity index (χ2v) is 5.94. The maximum absolute atomic E-state index is 6.12. The fourth-order valence-electron chi connectivity index (χ4n) is 2.75. The molecule has 2 heteroatoms. The standard InChI is InChI=1S/C15H31NO/c1-5-8-9-12(6-2)11-17-14-10-13(16)15(14,4)7-3/h12-14H,5-11,16H2,1-4H3. The van der Waals surface area contributed by atoms with Crippen molar-refractivity contribution in [3.63, 3.8) is 0 Å². The molecule has 4 atom stereocenters. The van der Waals surface area contributed by atoms with Gasteiger partial charge in [0.25, 0.3) is 0 Å². The zero-order valence-electron chi connectivity index (χ0n) is 12.2. The Bertz CT molecular complexity index is 219. The van der Waals surface area contributed by atoms with Gasteiger partial charge in [0, 0.05) is 18.1 Å². The fraction of sp³-hybridized carbons (Fsp3) is 1.00. The Kier molecular flexibility index (Phi) is 5.94. The number of hydrogen-bond donors (Lipinski definition) is 1. The van der Waals surface area contributed by atoms with Crippen molar-refractivity contribution >= 4 is 0 Å². The summed E-state index contributed by atoms with van der Waals surface area (Å²) in [4.78, 5) is 0. The highest BCUT2D eigenvalue weighted by atomic mass is 16.5. The zero-order chi connectivity index (χ0) is 12.9. The van der Waals surface area contributed by atoms with Gasteiger partial charge >= 0.3 is 0 Å². The van der Waals surface area contributed by atoms with Crippen LogP contribution in [0.4, 0.5) is 0 Å². The van der Waals surface area contributed by atoms with Gasteiger partial charge in [0.05, 0.1) is 6.10 Å². The van der Waals surface area contributed by atoms with Gasteiger partial charge in [0.15, 0.2) is 0 Å². The van der Waals surface area contributed by atoms with Crippen molar-refractivity contribution in [2.45, 2.75) is 78.4 Å². The highest BCUT2D eigenvalue weighted by molar-refractivity contribution is 5.03. The van der Waals surface area contributed by atoms with E-state index in [4.69, 9.17) is 10.5 Å². The van der Waals surface area contributed by atoms with Gasteiger partial charge in [0.1, 0.15) is 0 Å². The third-order valence-electron chi connectivity index (χ3n) is 4.89. The van der Waals surface area contributed by atoms with Gasteiger partial charge < -0.3 is 10.5 Å². The predicted molar refractivity (Wildman–Crippen MR) is 74.0 cm³/mol. The number of unbranched alkanes of at least 4 members (excludes halogenated alkanes) is 1. The largest absolute Gasteiger partial charge is 0.377 e. The summed E-state index contributed by atoms with van der Waals surface area (Å²) in [5.41, 5.74) is 6.32. The summed E-state index contributed by atoms with van der Waals surface area (Å²) in [5.74, 6) is 0.743. The van der Waals surface area contributed by atoms with Gasteiger partial charge in [0.2, 0.25) is 0 Å². The summed E-state index contributed by atoms with van der Waals surface area (Å²) >= 11 is 0. The molecule has 2 nitrogen and oxygen atoms in total. The van der Waals surface area contributed by atoms with E-state index < -0.39 is 0 Å². The lowest BCUT2D eigenvalue weighted by Gasteiger charge is -2.52. The third-order valence-corrected chi connectivity index (χ3v) is 4.89. The Hall–Kier alpha value is -0.0800. The van der Waals surface area contributed by atoms with E-state index in [1.54, 1.807) is 0 Å². The number of ether oxygens (including phenoxy) is 1. The van der Waals surface area contributed by atoms with Crippen LogP contribution < -0.4 is 5.73 Å². The molecule has 1 rings (SSSR count). The first-order valence-corrected chi connectivity index (χ1v) is 7.45. The molecule has 0 aromatic heterocycles. The van der Waals surface area contributed by atoms with Crippen molar-refractivity contribution in [3.8, 4) is 0 Å². The summed E-state index contributed by atoms with van der Waals surface area (Å²) in [6.45, 7) is 9.97. The van der Waals surface area contributed by atoms with Crippen molar-refractivity contribution in [1.82, 2.24) is 0 Å². The molecular formula is C15H31NO. The maximum Gasteiger partial charge on any atom is 0.0658 e. The van der Waals surface area contributed by atoms with Gasteiger partial charge in [-0.3, -0.25) is 0 Å². The molecule has 1 aliphatic carbocycles. The van der Waals surface area contributed by atoms with Crippen LogP contribution in [-0.2, 0) is 4.74 Å². The van der Waals surface area contributed by atoms with Crippen LogP contribution in [0.15, 0.2) is 0 Å². The second kappa shape index (κ2) is 6.75. The highest BCUT2D eigenvalue weighted by Crippen LogP contribution is 2.44. The zero-order valence-corrected chi connectivity index (χ0v) is 12.2. The Morgan fingerprint density at radius 2 is 2.06 bits per heavy atom. The van der Waals surface area contributed by atoms with Crippen molar-refractivity contribution in [2.24, 2.45) is 17.1 Å². The summed E-state index contributed by atoms with van der Waals surface area (Å²) < 4.78 is 6.12. The SMILES string of the molecule is CCCCC(CC)COC1CC(N)C1(C)CC. The van der Waals surface area contributed by atoms with Crippen molar-refractivity contribution in [2.75, 3.05) is 6.61 Å². The molecule has 1 aliphatic rings. The molecular weight excluding hydrogens is 210 g/mol. The molecule has 17 heavy (non-hydrogen) atoms. The maximum atomic E-state index is 6.12. The molecule has 1 saturated carbocycles. The first kappa shape index (κ1) is 15.0. The van der Waals surface area contributed by atoms with Gasteiger partial charge in [-0.25, -0.2) is 0 Å². The Balaban J connectivity index is 2.30. The molecule has 0 bridgehead atoms. The van der Waals surface area contributed by atoms with E-state index in [1.165, 1.54) is 25.7 Å². The normalized spacial score (nSPS) is 34.4. The van der Waals surface area contributed by atoms with Crippen molar-refractivity contribution in [1.29, 1.82) is 0 Å². The van der Waals surface area contributed by atoms with Crippen molar-refractivity contribution < 1.29 is 4.74 Å². The predicted octanol–water partition coefficient (Wildman–Crippen LogP) is 3.74. The molecule has 1 fully saturated rings. The summed E-state index contributed by atoms with van der Waals surface area (Å²) in [5, 5.41) is 0. The Labute approximate surface area is 107 Å². The minimum Gasteiger partial charge on any atom is -0.377 e. The molecule has 0 spiro atoms. The van der Waals surface area contributed by atoms with Crippen LogP contribution in [-0.4, -0.2) is 18.8 Å². The number of nitrogens with two attached hydrogens (primary N) is 1. The lowest BCUT2D eigenvalue weighted by atomic mass is 9.62. The van der Waals surface area contributed by atoms with E-state index in [-0.39, 0.29) is 5.41 Å². The van der Waals surface area contributed by atoms with Gasteiger partial charge in [-0.1, -0.05) is 47.0 Å². The minimum absolute atomic E-state index is 0.225. The third kappa shape index (κ3) is 3.45. The van der Waals surface area contributed by atoms with Crippen LogP contribution in [0.1, 0.15) is 66.2 Å². The lowest BCUT2D eigenvalue weighted by molar-refractivity contribution is -0.128. The second-order valence-electron chi connectivity index (χ2n) is 5.94. The Morgan fingerprint density at radius 3 is 2.53 bits per heavy atom. The molecule has 0 aromatic carbocycles. The highest BCUT2D eigenvalue weighted by Gasteiger charge is 2.49. The molecule has 0 saturated heterocycles. The first-order chi connectivity index (χ1) is 8.08. The van der Waals surface area contributed by atoms with E-state index >= 15 is 0 Å². The average Bonchev–Trinajstić information content (AvgIpc) is 2.36. The lowest BCUT2D eigenvalue weighted by Crippen LogP contribution is -2.60. The van der Waals surface area contributed by atoms with Crippen molar-refractivity contribution in [3.05, 3.63) is 0 Å². The smallest absolute Gasteiger partial charge is 0.0658 e. The topological polar surface area (TPSA) is 35.2 Å². The summed E-state index contributed by atoms with van der Waals surface area (Å²) in [7, 11) is 0. The average molecular weight is 241 g/mol. The van der Waals surface area contributed by atoms with E-state index in [2.05, 4.69) is 27.7 Å². The van der Waals surface area contributed by atoms with E-state index in [0.29, 0.717) is 12.1 Å². The van der Waals surface area contributed by atoms with Crippen LogP contribution in [0.25, 0.3) is 0 Å². The molecule has 4 unspecified atom stereocenters. The molecule has 102 valence electrons. The van der Waals surface area contributed by atoms with Crippen LogP contribution in [0.5, 0.6) is 0 Å². The van der Waals surface area contributed by atoms with E-state index in [0.717, 1.165) is 25.4 Å². The monoisotopic (exact) mass is 241 g/mol. The van der Waals surface area contributed by atoms with Gasteiger partial charge in [-0.2, -0.15) is 0 Å². The first-order valence-electron chi connectivity index (χ1n) is 7.45. The summed E-state index contributed by atoms with van der Waals surface area (Å²) in [6, 6.07) is 0.341. The van der Waals surface area contributed by atoms with Crippen LogP contribution in [0.2, 0.25) is 0 Å². The summed E-state index contributed by atoms with van der Waals surface area (Å²) in [6.07, 6.45) is 7.75. The van der Waals surface area contributed by atoms with Gasteiger partial charge in [-0.15, -0.1) is 0 Å². The molecule has 0 aliphatic heterocycles. The molecule has 0 aromatic rings. The Morgan fingerprint density at radius 1 is 1.35 bits per heavy atom. The van der Waals surface area contributed by atoms with Gasteiger partial charge in [-0.05, 0) is 25.2 Å². The molecule has 0 heterocycles. The quantitative estimate of drug-likeness (QED) is 0.702. The van der Waals surface area contributed by atoms with Crippen LogP contribution >= 0.6 is 0 Å². The fourth-order valence-corrected chi connectivity index (χ4v) is 2.75. The van der Waals surface area contributed by atoms with E-state index in [9.17, 15) is 0 Å². The minimum atomic E-state index is 0.225. The van der Waals surface area contributed by atoms with Crippen LogP contribution in [0.3, 0.4) is 0 Å².